The lowest BCUT2D eigenvalue weighted by molar-refractivity contribution is 0.241. The van der Waals surface area contributed by atoms with Gasteiger partial charge in [-0.3, -0.25) is 0 Å². The lowest BCUT2D eigenvalue weighted by Crippen LogP contribution is -2.57. The van der Waals surface area contributed by atoms with E-state index in [0.29, 0.717) is 28.6 Å². The van der Waals surface area contributed by atoms with Crippen LogP contribution < -0.4 is 16.4 Å². The first kappa shape index (κ1) is 17.4. The number of amides is 2. The summed E-state index contributed by atoms with van der Waals surface area (Å²) in [5.74, 6) is -0.0557. The highest BCUT2D eigenvalue weighted by Crippen LogP contribution is 2.25. The van der Waals surface area contributed by atoms with Gasteiger partial charge < -0.3 is 21.6 Å². The molecular weight excluding hydrogens is 315 g/mol. The second-order valence-electron chi connectivity index (χ2n) is 4.48. The number of carbonyl (C=O) groups is 1. The molecule has 5 N–H and O–H groups in total. The van der Waals surface area contributed by atoms with E-state index in [-0.39, 0.29) is 5.84 Å². The fourth-order valence-electron chi connectivity index (χ4n) is 1.91. The van der Waals surface area contributed by atoms with Crippen LogP contribution in [0.4, 0.5) is 10.5 Å². The Morgan fingerprint density at radius 1 is 1.38 bits per heavy atom. The second kappa shape index (κ2) is 7.38. The minimum Gasteiger partial charge on any atom is -0.409 e. The molecule has 0 spiro atoms. The predicted octanol–water partition coefficient (Wildman–Crippen LogP) is 3.42. The fraction of sp³-hybridized carbons (Fsp3) is 0.385. The summed E-state index contributed by atoms with van der Waals surface area (Å²) in [7, 11) is 0. The van der Waals surface area contributed by atoms with E-state index < -0.39 is 11.6 Å². The Balaban J connectivity index is 2.91. The summed E-state index contributed by atoms with van der Waals surface area (Å²) in [5.41, 5.74) is 5.13. The highest BCUT2D eigenvalue weighted by Gasteiger charge is 2.33. The molecule has 0 saturated heterocycles. The van der Waals surface area contributed by atoms with Gasteiger partial charge in [0, 0.05) is 5.02 Å². The summed E-state index contributed by atoms with van der Waals surface area (Å²) in [4.78, 5) is 12.1. The van der Waals surface area contributed by atoms with Crippen LogP contribution in [0.1, 0.15) is 26.7 Å². The molecule has 21 heavy (non-hydrogen) atoms. The summed E-state index contributed by atoms with van der Waals surface area (Å²) < 4.78 is 0. The van der Waals surface area contributed by atoms with Crippen LogP contribution in [0.15, 0.2) is 23.4 Å². The topological polar surface area (TPSA) is 99.7 Å². The number of carbonyl (C=O) groups excluding carboxylic acids is 1. The Hall–Kier alpha value is -1.66. The lowest BCUT2D eigenvalue weighted by Gasteiger charge is -2.31. The van der Waals surface area contributed by atoms with E-state index in [1.165, 1.54) is 6.07 Å². The van der Waals surface area contributed by atoms with Crippen molar-refractivity contribution in [3.05, 3.63) is 28.2 Å². The van der Waals surface area contributed by atoms with Gasteiger partial charge in [-0.15, -0.1) is 0 Å². The van der Waals surface area contributed by atoms with Gasteiger partial charge in [0.15, 0.2) is 5.84 Å². The van der Waals surface area contributed by atoms with Crippen molar-refractivity contribution >= 4 is 40.8 Å². The first-order chi connectivity index (χ1) is 9.88. The van der Waals surface area contributed by atoms with E-state index >= 15 is 0 Å². The molecule has 1 rings (SSSR count). The van der Waals surface area contributed by atoms with Gasteiger partial charge in [0.25, 0.3) is 0 Å². The third-order valence-electron chi connectivity index (χ3n) is 3.33. The number of nitrogens with two attached hydrogens (primary N) is 1. The Labute approximate surface area is 133 Å². The van der Waals surface area contributed by atoms with Gasteiger partial charge in [-0.1, -0.05) is 42.2 Å². The Kier molecular flexibility index (Phi) is 6.11. The van der Waals surface area contributed by atoms with Gasteiger partial charge in [0.2, 0.25) is 0 Å². The minimum absolute atomic E-state index is 0.0557. The van der Waals surface area contributed by atoms with Crippen LogP contribution in [0.3, 0.4) is 0 Å². The second-order valence-corrected chi connectivity index (χ2v) is 5.32. The zero-order valence-electron chi connectivity index (χ0n) is 11.8. The predicted molar refractivity (Wildman–Crippen MR) is 85.3 cm³/mol. The summed E-state index contributed by atoms with van der Waals surface area (Å²) in [6.45, 7) is 3.66. The highest BCUT2D eigenvalue weighted by molar-refractivity contribution is 6.35. The van der Waals surface area contributed by atoms with Gasteiger partial charge in [0.1, 0.15) is 5.54 Å². The van der Waals surface area contributed by atoms with Crippen molar-refractivity contribution in [2.24, 2.45) is 10.9 Å². The largest absolute Gasteiger partial charge is 0.409 e. The molecule has 8 heteroatoms. The minimum atomic E-state index is -0.927. The number of hydrogen-bond donors (Lipinski definition) is 4. The number of halogens is 2. The standard InChI is InChI=1S/C13H18Cl2N4O2/c1-3-13(4-2,11(16)19-21)18-12(20)17-10-7-8(14)5-6-9(10)15/h5-7,21H,3-4H2,1-2H3,(H2,16,19)(H2,17,18,20). The van der Waals surface area contributed by atoms with Crippen molar-refractivity contribution in [1.82, 2.24) is 5.32 Å². The average molecular weight is 333 g/mol. The van der Waals surface area contributed by atoms with Gasteiger partial charge >= 0.3 is 6.03 Å². The van der Waals surface area contributed by atoms with Gasteiger partial charge in [-0.25, -0.2) is 4.79 Å². The van der Waals surface area contributed by atoms with Crippen LogP contribution in [-0.4, -0.2) is 22.6 Å². The number of amidine groups is 1. The molecule has 0 aromatic heterocycles. The van der Waals surface area contributed by atoms with Crippen LogP contribution in [-0.2, 0) is 0 Å². The number of hydrogen-bond acceptors (Lipinski definition) is 3. The van der Waals surface area contributed by atoms with E-state index in [9.17, 15) is 4.79 Å². The third-order valence-corrected chi connectivity index (χ3v) is 3.90. The number of benzene rings is 1. The number of nitrogens with zero attached hydrogens (tertiary/aromatic N) is 1. The summed E-state index contributed by atoms with van der Waals surface area (Å²) >= 11 is 11.8. The fourth-order valence-corrected chi connectivity index (χ4v) is 2.25. The maximum atomic E-state index is 12.1. The molecule has 2 amide bonds. The van der Waals surface area contributed by atoms with Gasteiger partial charge in [-0.05, 0) is 31.0 Å². The van der Waals surface area contributed by atoms with Crippen LogP contribution in [0.5, 0.6) is 0 Å². The molecule has 1 aromatic carbocycles. The molecule has 0 heterocycles. The molecule has 6 nitrogen and oxygen atoms in total. The van der Waals surface area contributed by atoms with Crippen LogP contribution in [0.2, 0.25) is 10.0 Å². The van der Waals surface area contributed by atoms with Gasteiger partial charge in [-0.2, -0.15) is 0 Å². The average Bonchev–Trinajstić information content (AvgIpc) is 2.47. The summed E-state index contributed by atoms with van der Waals surface area (Å²) in [5, 5.41) is 18.0. The summed E-state index contributed by atoms with van der Waals surface area (Å²) in [6, 6.07) is 4.21. The quantitative estimate of drug-likeness (QED) is 0.287. The molecule has 0 bridgehead atoms. The molecule has 0 aliphatic carbocycles. The first-order valence-electron chi connectivity index (χ1n) is 6.40. The molecule has 116 valence electrons. The highest BCUT2D eigenvalue weighted by atomic mass is 35.5. The maximum absolute atomic E-state index is 12.1. The van der Waals surface area contributed by atoms with E-state index in [2.05, 4.69) is 15.8 Å². The molecule has 1 aromatic rings. The number of nitrogens with one attached hydrogen (secondary N) is 2. The SMILES string of the molecule is CCC(CC)(NC(=O)Nc1cc(Cl)ccc1Cl)/C(N)=N/O. The Bertz CT molecular complexity index is 545. The molecule has 0 aliphatic rings. The van der Waals surface area contributed by atoms with Crippen molar-refractivity contribution in [2.75, 3.05) is 5.32 Å². The molecule has 0 atom stereocenters. The van der Waals surface area contributed by atoms with Crippen molar-refractivity contribution in [1.29, 1.82) is 0 Å². The van der Waals surface area contributed by atoms with Crippen LogP contribution in [0.25, 0.3) is 0 Å². The molecule has 0 fully saturated rings. The van der Waals surface area contributed by atoms with E-state index in [0.717, 1.165) is 0 Å². The number of anilines is 1. The monoisotopic (exact) mass is 332 g/mol. The number of urea groups is 1. The van der Waals surface area contributed by atoms with E-state index in [1.807, 2.05) is 13.8 Å². The van der Waals surface area contributed by atoms with Crippen molar-refractivity contribution in [3.63, 3.8) is 0 Å². The normalized spacial score (nSPS) is 12.1. The molecule has 0 saturated carbocycles. The van der Waals surface area contributed by atoms with E-state index in [4.69, 9.17) is 34.1 Å². The summed E-state index contributed by atoms with van der Waals surface area (Å²) in [6.07, 6.45) is 0.937. The van der Waals surface area contributed by atoms with Crippen molar-refractivity contribution in [2.45, 2.75) is 32.2 Å². The zero-order valence-corrected chi connectivity index (χ0v) is 13.3. The lowest BCUT2D eigenvalue weighted by atomic mass is 9.91. The van der Waals surface area contributed by atoms with Crippen LogP contribution in [0, 0.1) is 0 Å². The molecular formula is C13H18Cl2N4O2. The molecule has 0 aliphatic heterocycles. The molecule has 0 radical (unpaired) electrons. The molecule has 0 unspecified atom stereocenters. The Morgan fingerprint density at radius 2 is 2.00 bits per heavy atom. The number of oxime groups is 1. The van der Waals surface area contributed by atoms with Crippen molar-refractivity contribution < 1.29 is 10.0 Å². The maximum Gasteiger partial charge on any atom is 0.320 e. The van der Waals surface area contributed by atoms with Crippen molar-refractivity contribution in [3.8, 4) is 0 Å². The third kappa shape index (κ3) is 4.15. The van der Waals surface area contributed by atoms with Gasteiger partial charge in [0.05, 0.1) is 10.7 Å². The zero-order chi connectivity index (χ0) is 16.0. The van der Waals surface area contributed by atoms with E-state index in [1.54, 1.807) is 12.1 Å². The first-order valence-corrected chi connectivity index (χ1v) is 7.16. The number of rotatable bonds is 5. The smallest absolute Gasteiger partial charge is 0.320 e. The Morgan fingerprint density at radius 3 is 2.52 bits per heavy atom. The van der Waals surface area contributed by atoms with Crippen LogP contribution >= 0.6 is 23.2 Å².